The van der Waals surface area contributed by atoms with Crippen molar-refractivity contribution in [1.82, 2.24) is 0 Å². The lowest BCUT2D eigenvalue weighted by Crippen LogP contribution is -2.14. The second-order valence-electron chi connectivity index (χ2n) is 2.77. The van der Waals surface area contributed by atoms with Crippen LogP contribution in [0.2, 0.25) is 0 Å². The molecule has 0 fully saturated rings. The third-order valence-corrected chi connectivity index (χ3v) is 1.66. The monoisotopic (exact) mass is 197 g/mol. The minimum Gasteiger partial charge on any atom is -0.372 e. The molecule has 0 aliphatic heterocycles. The van der Waals surface area contributed by atoms with Crippen LogP contribution in [-0.2, 0) is 4.74 Å². The van der Waals surface area contributed by atoms with E-state index in [-0.39, 0.29) is 18.2 Å². The number of hydrogen-bond acceptors (Lipinski definition) is 3. The molecule has 1 aromatic carbocycles. The van der Waals surface area contributed by atoms with Crippen LogP contribution < -0.4 is 5.73 Å². The summed E-state index contributed by atoms with van der Waals surface area (Å²) in [4.78, 5) is 11.3. The van der Waals surface area contributed by atoms with E-state index in [2.05, 4.69) is 0 Å². The lowest BCUT2D eigenvalue weighted by molar-refractivity contribution is 0.0774. The predicted molar refractivity (Wildman–Crippen MR) is 50.6 cm³/mol. The SMILES string of the molecule is NCCOCC(=O)c1ccc(F)cc1. The van der Waals surface area contributed by atoms with Gasteiger partial charge in [-0.15, -0.1) is 0 Å². The van der Waals surface area contributed by atoms with Gasteiger partial charge in [-0.3, -0.25) is 4.79 Å². The van der Waals surface area contributed by atoms with Crippen LogP contribution in [0.25, 0.3) is 0 Å². The molecule has 0 bridgehead atoms. The van der Waals surface area contributed by atoms with E-state index in [0.29, 0.717) is 18.7 Å². The average molecular weight is 197 g/mol. The topological polar surface area (TPSA) is 52.3 Å². The van der Waals surface area contributed by atoms with Crippen LogP contribution in [0.5, 0.6) is 0 Å². The van der Waals surface area contributed by atoms with Gasteiger partial charge in [0, 0.05) is 12.1 Å². The number of nitrogens with two attached hydrogens (primary N) is 1. The first-order valence-corrected chi connectivity index (χ1v) is 4.30. The second kappa shape index (κ2) is 5.47. The molecular formula is C10H12FNO2. The lowest BCUT2D eigenvalue weighted by Gasteiger charge is -2.01. The molecule has 0 aliphatic carbocycles. The number of rotatable bonds is 5. The molecule has 0 amide bonds. The minimum atomic E-state index is -0.357. The number of ketones is 1. The summed E-state index contributed by atoms with van der Waals surface area (Å²) in [5.41, 5.74) is 5.64. The smallest absolute Gasteiger partial charge is 0.188 e. The van der Waals surface area contributed by atoms with Gasteiger partial charge in [-0.25, -0.2) is 4.39 Å². The van der Waals surface area contributed by atoms with Crippen molar-refractivity contribution >= 4 is 5.78 Å². The van der Waals surface area contributed by atoms with Crippen molar-refractivity contribution in [3.05, 3.63) is 35.6 Å². The third kappa shape index (κ3) is 3.24. The molecule has 0 unspecified atom stereocenters. The number of halogens is 1. The Kier molecular flexibility index (Phi) is 4.22. The predicted octanol–water partition coefficient (Wildman–Crippen LogP) is 0.984. The van der Waals surface area contributed by atoms with Gasteiger partial charge in [0.25, 0.3) is 0 Å². The molecule has 0 spiro atoms. The third-order valence-electron chi connectivity index (χ3n) is 1.66. The molecule has 76 valence electrons. The normalized spacial score (nSPS) is 10.1. The van der Waals surface area contributed by atoms with Gasteiger partial charge >= 0.3 is 0 Å². The van der Waals surface area contributed by atoms with Gasteiger partial charge in [0.2, 0.25) is 0 Å². The second-order valence-corrected chi connectivity index (χ2v) is 2.77. The molecule has 0 saturated heterocycles. The summed E-state index contributed by atoms with van der Waals surface area (Å²) in [6.07, 6.45) is 0. The van der Waals surface area contributed by atoms with Crippen LogP contribution in [0.15, 0.2) is 24.3 Å². The zero-order valence-electron chi connectivity index (χ0n) is 7.70. The first-order chi connectivity index (χ1) is 6.74. The molecule has 14 heavy (non-hydrogen) atoms. The van der Waals surface area contributed by atoms with Crippen LogP contribution >= 0.6 is 0 Å². The van der Waals surface area contributed by atoms with E-state index in [0.717, 1.165) is 0 Å². The van der Waals surface area contributed by atoms with E-state index in [1.807, 2.05) is 0 Å². The number of carbonyl (C=O) groups excluding carboxylic acids is 1. The fraction of sp³-hybridized carbons (Fsp3) is 0.300. The Morgan fingerprint density at radius 1 is 1.36 bits per heavy atom. The maximum Gasteiger partial charge on any atom is 0.188 e. The zero-order valence-corrected chi connectivity index (χ0v) is 7.70. The van der Waals surface area contributed by atoms with Crippen molar-refractivity contribution in [1.29, 1.82) is 0 Å². The van der Waals surface area contributed by atoms with E-state index >= 15 is 0 Å². The van der Waals surface area contributed by atoms with Crippen LogP contribution in [0.1, 0.15) is 10.4 Å². The van der Waals surface area contributed by atoms with Gasteiger partial charge in [-0.1, -0.05) is 0 Å². The molecule has 4 heteroatoms. The molecule has 0 aliphatic rings. The molecule has 0 atom stereocenters. The highest BCUT2D eigenvalue weighted by molar-refractivity contribution is 5.96. The van der Waals surface area contributed by atoms with Gasteiger partial charge < -0.3 is 10.5 Å². The quantitative estimate of drug-likeness (QED) is 0.565. The van der Waals surface area contributed by atoms with Gasteiger partial charge in [-0.2, -0.15) is 0 Å². The number of Topliss-reactive ketones (excluding diaryl/α,β-unsaturated/α-hetero) is 1. The Morgan fingerprint density at radius 2 is 2.00 bits per heavy atom. The summed E-state index contributed by atoms with van der Waals surface area (Å²) in [6, 6.07) is 5.36. The molecule has 1 aromatic rings. The number of carbonyl (C=O) groups is 1. The highest BCUT2D eigenvalue weighted by atomic mass is 19.1. The Labute approximate surface area is 81.7 Å². The largest absolute Gasteiger partial charge is 0.372 e. The molecule has 0 heterocycles. The zero-order chi connectivity index (χ0) is 10.4. The Bertz CT molecular complexity index is 297. The van der Waals surface area contributed by atoms with Crippen LogP contribution in [-0.4, -0.2) is 25.5 Å². The highest BCUT2D eigenvalue weighted by Gasteiger charge is 2.04. The summed E-state index contributed by atoms with van der Waals surface area (Å²) >= 11 is 0. The fourth-order valence-electron chi connectivity index (χ4n) is 0.967. The number of hydrogen-bond donors (Lipinski definition) is 1. The van der Waals surface area contributed by atoms with E-state index < -0.39 is 0 Å². The van der Waals surface area contributed by atoms with E-state index in [1.165, 1.54) is 24.3 Å². The Morgan fingerprint density at radius 3 is 2.57 bits per heavy atom. The van der Waals surface area contributed by atoms with Crippen LogP contribution in [0.3, 0.4) is 0 Å². The minimum absolute atomic E-state index is 0.0111. The standard InChI is InChI=1S/C10H12FNO2/c11-9-3-1-8(2-4-9)10(13)7-14-6-5-12/h1-4H,5-7,12H2. The van der Waals surface area contributed by atoms with E-state index in [4.69, 9.17) is 10.5 Å². The van der Waals surface area contributed by atoms with Crippen molar-refractivity contribution in [2.75, 3.05) is 19.8 Å². The van der Waals surface area contributed by atoms with Gasteiger partial charge in [0.05, 0.1) is 6.61 Å². The van der Waals surface area contributed by atoms with Crippen molar-refractivity contribution < 1.29 is 13.9 Å². The van der Waals surface area contributed by atoms with E-state index in [9.17, 15) is 9.18 Å². The maximum absolute atomic E-state index is 12.5. The summed E-state index contributed by atoms with van der Waals surface area (Å²) in [5, 5.41) is 0. The van der Waals surface area contributed by atoms with Crippen LogP contribution in [0.4, 0.5) is 4.39 Å². The lowest BCUT2D eigenvalue weighted by atomic mass is 10.1. The molecule has 0 aromatic heterocycles. The molecule has 0 radical (unpaired) electrons. The number of ether oxygens (including phenoxy) is 1. The average Bonchev–Trinajstić information content (AvgIpc) is 2.19. The van der Waals surface area contributed by atoms with Crippen molar-refractivity contribution in [3.63, 3.8) is 0 Å². The summed E-state index contributed by atoms with van der Waals surface area (Å²) in [6.45, 7) is 0.729. The summed E-state index contributed by atoms with van der Waals surface area (Å²) < 4.78 is 17.5. The van der Waals surface area contributed by atoms with Crippen LogP contribution in [0, 0.1) is 5.82 Å². The van der Waals surface area contributed by atoms with Gasteiger partial charge in [0.1, 0.15) is 12.4 Å². The van der Waals surface area contributed by atoms with Crippen molar-refractivity contribution in [3.8, 4) is 0 Å². The molecule has 2 N–H and O–H groups in total. The maximum atomic E-state index is 12.5. The Hall–Kier alpha value is -1.26. The number of benzene rings is 1. The van der Waals surface area contributed by atoms with Crippen molar-refractivity contribution in [2.45, 2.75) is 0 Å². The highest BCUT2D eigenvalue weighted by Crippen LogP contribution is 2.03. The summed E-state index contributed by atoms with van der Waals surface area (Å²) in [5.74, 6) is -0.525. The van der Waals surface area contributed by atoms with Crippen molar-refractivity contribution in [2.24, 2.45) is 5.73 Å². The van der Waals surface area contributed by atoms with Gasteiger partial charge in [0.15, 0.2) is 5.78 Å². The molecule has 0 saturated carbocycles. The Balaban J connectivity index is 2.48. The van der Waals surface area contributed by atoms with E-state index in [1.54, 1.807) is 0 Å². The molecule has 1 rings (SSSR count). The molecular weight excluding hydrogens is 185 g/mol. The summed E-state index contributed by atoms with van der Waals surface area (Å²) in [7, 11) is 0. The first-order valence-electron chi connectivity index (χ1n) is 4.30. The first kappa shape index (κ1) is 10.8. The molecule has 3 nitrogen and oxygen atoms in total. The fourth-order valence-corrected chi connectivity index (χ4v) is 0.967. The van der Waals surface area contributed by atoms with Gasteiger partial charge in [-0.05, 0) is 24.3 Å².